The molecule has 3 rings (SSSR count). The summed E-state index contributed by atoms with van der Waals surface area (Å²) in [6, 6.07) is 8.30. The van der Waals surface area contributed by atoms with Gasteiger partial charge in [0.15, 0.2) is 5.65 Å². The first kappa shape index (κ1) is 13.3. The number of nitrogens with zero attached hydrogens (tertiary/aromatic N) is 4. The van der Waals surface area contributed by atoms with Crippen molar-refractivity contribution in [3.63, 3.8) is 0 Å². The zero-order valence-corrected chi connectivity index (χ0v) is 12.0. The Morgan fingerprint density at radius 1 is 1.24 bits per heavy atom. The van der Waals surface area contributed by atoms with E-state index in [0.717, 1.165) is 23.4 Å². The zero-order valence-electron chi connectivity index (χ0n) is 12.0. The molecule has 0 aliphatic rings. The Kier molecular flexibility index (Phi) is 3.41. The number of hydrogen-bond acceptors (Lipinski definition) is 6. The predicted molar refractivity (Wildman–Crippen MR) is 83.4 cm³/mol. The molecule has 7 heteroatoms. The van der Waals surface area contributed by atoms with E-state index < -0.39 is 0 Å². The number of hydrazine groups is 1. The lowest BCUT2D eigenvalue weighted by Crippen LogP contribution is -2.19. The van der Waals surface area contributed by atoms with Crippen molar-refractivity contribution in [2.45, 2.75) is 13.8 Å². The first-order valence-electron chi connectivity index (χ1n) is 6.75. The molecular formula is C14H17N7. The van der Waals surface area contributed by atoms with Gasteiger partial charge < -0.3 is 4.90 Å². The molecule has 0 radical (unpaired) electrons. The maximum absolute atomic E-state index is 5.45. The summed E-state index contributed by atoms with van der Waals surface area (Å²) in [5.41, 5.74) is 5.42. The van der Waals surface area contributed by atoms with Crippen LogP contribution in [0.25, 0.3) is 11.0 Å². The number of rotatable bonds is 4. The summed E-state index contributed by atoms with van der Waals surface area (Å²) in [4.78, 5) is 10.8. The van der Waals surface area contributed by atoms with Crippen molar-refractivity contribution >= 4 is 28.5 Å². The molecule has 0 spiro atoms. The van der Waals surface area contributed by atoms with Gasteiger partial charge in [0.1, 0.15) is 5.82 Å². The highest BCUT2D eigenvalue weighted by Gasteiger charge is 2.16. The summed E-state index contributed by atoms with van der Waals surface area (Å²) < 4.78 is 0. The van der Waals surface area contributed by atoms with Crippen molar-refractivity contribution in [1.29, 1.82) is 0 Å². The molecule has 21 heavy (non-hydrogen) atoms. The van der Waals surface area contributed by atoms with Crippen LogP contribution in [0.2, 0.25) is 0 Å². The number of nitrogen functional groups attached to an aromatic ring is 1. The number of aromatic amines is 1. The van der Waals surface area contributed by atoms with Crippen molar-refractivity contribution in [2.75, 3.05) is 16.9 Å². The minimum absolute atomic E-state index is 0.354. The minimum Gasteiger partial charge on any atom is -0.326 e. The SMILES string of the molecule is CCN(c1ccc(C)cc1)c1nc(NN)nc2[nH]ncc12. The van der Waals surface area contributed by atoms with Crippen molar-refractivity contribution in [1.82, 2.24) is 20.2 Å². The van der Waals surface area contributed by atoms with E-state index >= 15 is 0 Å². The second-order valence-corrected chi connectivity index (χ2v) is 4.73. The third-order valence-corrected chi connectivity index (χ3v) is 3.34. The second-order valence-electron chi connectivity index (χ2n) is 4.73. The number of nitrogens with one attached hydrogen (secondary N) is 2. The molecule has 0 amide bonds. The van der Waals surface area contributed by atoms with Gasteiger partial charge in [-0.3, -0.25) is 10.5 Å². The standard InChI is InChI=1S/C14H17N7/c1-3-21(10-6-4-9(2)5-7-10)13-11-8-16-20-12(11)17-14(18-13)19-15/h4-8H,3,15H2,1-2H3,(H2,16,17,18,19,20). The van der Waals surface area contributed by atoms with Crippen LogP contribution in [0, 0.1) is 6.92 Å². The van der Waals surface area contributed by atoms with E-state index in [1.54, 1.807) is 6.20 Å². The van der Waals surface area contributed by atoms with E-state index in [2.05, 4.69) is 68.6 Å². The Balaban J connectivity index is 2.15. The number of anilines is 3. The highest BCUT2D eigenvalue weighted by Crippen LogP contribution is 2.29. The lowest BCUT2D eigenvalue weighted by Gasteiger charge is -2.23. The molecule has 0 fully saturated rings. The van der Waals surface area contributed by atoms with Crippen LogP contribution >= 0.6 is 0 Å². The van der Waals surface area contributed by atoms with Crippen LogP contribution < -0.4 is 16.2 Å². The molecule has 0 atom stereocenters. The third-order valence-electron chi connectivity index (χ3n) is 3.34. The lowest BCUT2D eigenvalue weighted by atomic mass is 10.2. The van der Waals surface area contributed by atoms with Crippen molar-refractivity contribution in [3.05, 3.63) is 36.0 Å². The molecule has 0 aliphatic carbocycles. The molecule has 2 heterocycles. The molecule has 0 saturated carbocycles. The van der Waals surface area contributed by atoms with Crippen LogP contribution in [-0.2, 0) is 0 Å². The monoisotopic (exact) mass is 283 g/mol. The fourth-order valence-corrected chi connectivity index (χ4v) is 2.27. The zero-order chi connectivity index (χ0) is 14.8. The molecule has 0 saturated heterocycles. The highest BCUT2D eigenvalue weighted by molar-refractivity contribution is 5.89. The lowest BCUT2D eigenvalue weighted by molar-refractivity contribution is 0.985. The summed E-state index contributed by atoms with van der Waals surface area (Å²) in [6.45, 7) is 4.91. The Morgan fingerprint density at radius 3 is 2.67 bits per heavy atom. The van der Waals surface area contributed by atoms with Gasteiger partial charge in [-0.25, -0.2) is 5.84 Å². The van der Waals surface area contributed by atoms with Gasteiger partial charge in [0.25, 0.3) is 0 Å². The highest BCUT2D eigenvalue weighted by atomic mass is 15.3. The fraction of sp³-hybridized carbons (Fsp3) is 0.214. The van der Waals surface area contributed by atoms with Gasteiger partial charge in [-0.2, -0.15) is 15.1 Å². The Labute approximate surface area is 122 Å². The molecule has 4 N–H and O–H groups in total. The van der Waals surface area contributed by atoms with Gasteiger partial charge in [0.05, 0.1) is 11.6 Å². The molecule has 1 aromatic carbocycles. The van der Waals surface area contributed by atoms with Crippen molar-refractivity contribution in [3.8, 4) is 0 Å². The molecular weight excluding hydrogens is 266 g/mol. The number of fused-ring (bicyclic) bond motifs is 1. The summed E-state index contributed by atoms with van der Waals surface area (Å²) in [7, 11) is 0. The quantitative estimate of drug-likeness (QED) is 0.501. The summed E-state index contributed by atoms with van der Waals surface area (Å²) in [6.07, 6.45) is 1.72. The van der Waals surface area contributed by atoms with E-state index in [9.17, 15) is 0 Å². The van der Waals surface area contributed by atoms with E-state index in [0.29, 0.717) is 11.6 Å². The predicted octanol–water partition coefficient (Wildman–Crippen LogP) is 2.10. The van der Waals surface area contributed by atoms with E-state index in [1.165, 1.54) is 5.56 Å². The smallest absolute Gasteiger partial charge is 0.241 e. The Bertz CT molecular complexity index is 748. The van der Waals surface area contributed by atoms with Gasteiger partial charge in [-0.05, 0) is 26.0 Å². The van der Waals surface area contributed by atoms with E-state index in [-0.39, 0.29) is 0 Å². The van der Waals surface area contributed by atoms with Crippen molar-refractivity contribution < 1.29 is 0 Å². The molecule has 3 aromatic rings. The maximum atomic E-state index is 5.45. The molecule has 7 nitrogen and oxygen atoms in total. The molecule has 0 unspecified atom stereocenters. The van der Waals surface area contributed by atoms with Gasteiger partial charge in [-0.15, -0.1) is 0 Å². The maximum Gasteiger partial charge on any atom is 0.241 e. The Morgan fingerprint density at radius 2 is 2.00 bits per heavy atom. The van der Waals surface area contributed by atoms with Crippen LogP contribution in [0.15, 0.2) is 30.5 Å². The third kappa shape index (κ3) is 2.38. The van der Waals surface area contributed by atoms with E-state index in [1.807, 2.05) is 0 Å². The molecule has 0 bridgehead atoms. The number of H-pyrrole nitrogens is 1. The molecule has 0 aliphatic heterocycles. The fourth-order valence-electron chi connectivity index (χ4n) is 2.27. The average molecular weight is 283 g/mol. The second kappa shape index (κ2) is 5.37. The minimum atomic E-state index is 0.354. The topological polar surface area (TPSA) is 95.8 Å². The van der Waals surface area contributed by atoms with Gasteiger partial charge >= 0.3 is 0 Å². The first-order valence-corrected chi connectivity index (χ1v) is 6.75. The number of aromatic nitrogens is 4. The first-order chi connectivity index (χ1) is 10.2. The van der Waals surface area contributed by atoms with Crippen LogP contribution in [0.4, 0.5) is 17.5 Å². The van der Waals surface area contributed by atoms with Crippen LogP contribution in [-0.4, -0.2) is 26.7 Å². The number of hydrogen-bond donors (Lipinski definition) is 3. The summed E-state index contributed by atoms with van der Waals surface area (Å²) >= 11 is 0. The normalized spacial score (nSPS) is 10.8. The summed E-state index contributed by atoms with van der Waals surface area (Å²) in [5.74, 6) is 6.58. The molecule has 108 valence electrons. The van der Waals surface area contributed by atoms with Gasteiger partial charge in [-0.1, -0.05) is 17.7 Å². The number of benzene rings is 1. The van der Waals surface area contributed by atoms with Gasteiger partial charge in [0.2, 0.25) is 5.95 Å². The van der Waals surface area contributed by atoms with Crippen LogP contribution in [0.3, 0.4) is 0 Å². The van der Waals surface area contributed by atoms with Crippen molar-refractivity contribution in [2.24, 2.45) is 5.84 Å². The molecule has 2 aromatic heterocycles. The Hall–Kier alpha value is -2.67. The van der Waals surface area contributed by atoms with Crippen LogP contribution in [0.5, 0.6) is 0 Å². The van der Waals surface area contributed by atoms with Crippen LogP contribution in [0.1, 0.15) is 12.5 Å². The summed E-state index contributed by atoms with van der Waals surface area (Å²) in [5, 5.41) is 7.75. The van der Waals surface area contributed by atoms with E-state index in [4.69, 9.17) is 5.84 Å². The number of aryl methyl sites for hydroxylation is 1. The largest absolute Gasteiger partial charge is 0.326 e. The van der Waals surface area contributed by atoms with Gasteiger partial charge in [0, 0.05) is 12.2 Å². The average Bonchev–Trinajstić information content (AvgIpc) is 2.98. The number of nitrogens with two attached hydrogens (primary N) is 1.